The maximum atomic E-state index is 3.14. The molecule has 0 saturated heterocycles. The molecule has 0 aromatic carbocycles. The van der Waals surface area contributed by atoms with E-state index < -0.39 is 0 Å². The Morgan fingerprint density at radius 3 is 2.05 bits per heavy atom. The van der Waals surface area contributed by atoms with E-state index >= 15 is 0 Å². The van der Waals surface area contributed by atoms with E-state index in [-0.39, 0.29) is 39.7 Å². The van der Waals surface area contributed by atoms with Gasteiger partial charge in [-0.15, -0.1) is 37.7 Å². The Morgan fingerprint density at radius 2 is 1.79 bits per heavy atom. The molecular formula is C15H26Cl2SiZr-4. The molecule has 0 nitrogen and oxygen atoms in total. The van der Waals surface area contributed by atoms with Crippen LogP contribution < -0.4 is 0 Å². The number of hydrogen-bond donors (Lipinski definition) is 0. The summed E-state index contributed by atoms with van der Waals surface area (Å²) in [5.74, 6) is 0. The molecule has 0 bridgehead atoms. The second-order valence-corrected chi connectivity index (χ2v) is 3.08. The molecule has 4 heteroatoms. The molecule has 2 rings (SSSR count). The number of allylic oxidation sites excluding steroid dienone is 8. The van der Waals surface area contributed by atoms with Gasteiger partial charge in [0.2, 0.25) is 0 Å². The Morgan fingerprint density at radius 1 is 1.16 bits per heavy atom. The van der Waals surface area contributed by atoms with Crippen LogP contribution in [0, 0.1) is 27.0 Å². The van der Waals surface area contributed by atoms with Crippen LogP contribution in [0.3, 0.4) is 0 Å². The molecule has 0 fully saturated rings. The van der Waals surface area contributed by atoms with E-state index in [4.69, 9.17) is 0 Å². The second kappa shape index (κ2) is 27.1. The van der Waals surface area contributed by atoms with Crippen LogP contribution in [-0.2, 0) is 23.3 Å². The number of rotatable bonds is 2. The molecule has 0 spiro atoms. The first-order chi connectivity index (χ1) is 7.43. The van der Waals surface area contributed by atoms with Crippen molar-refractivity contribution in [3.63, 3.8) is 0 Å². The third kappa shape index (κ3) is 21.1. The molecule has 0 N–H and O–H groups in total. The second-order valence-electron chi connectivity index (χ2n) is 3.08. The first kappa shape index (κ1) is 31.8. The first-order valence-corrected chi connectivity index (χ1v) is 11.2. The molecule has 0 radical (unpaired) electrons. The predicted molar refractivity (Wildman–Crippen MR) is 92.9 cm³/mol. The van der Waals surface area contributed by atoms with Crippen LogP contribution >= 0.6 is 24.8 Å². The topological polar surface area (TPSA) is 0 Å². The van der Waals surface area contributed by atoms with E-state index in [9.17, 15) is 0 Å². The molecule has 0 aliphatic heterocycles. The normalized spacial score (nSPS) is 11.9. The molecule has 0 heterocycles. The van der Waals surface area contributed by atoms with Crippen LogP contribution in [0.15, 0.2) is 36.0 Å². The average Bonchev–Trinajstić information content (AvgIpc) is 2.97. The average molecular weight is 397 g/mol. The molecule has 112 valence electrons. The Hall–Kier alpha value is 0.640. The summed E-state index contributed by atoms with van der Waals surface area (Å²) in [5.41, 5.74) is 1.47. The Kier molecular flexibility index (Phi) is 45.3. The Labute approximate surface area is 149 Å². The molecular weight excluding hydrogens is 370 g/mol. The third-order valence-corrected chi connectivity index (χ3v) is 1.89. The van der Waals surface area contributed by atoms with Gasteiger partial charge in [0.1, 0.15) is 0 Å². The summed E-state index contributed by atoms with van der Waals surface area (Å²) in [7, 11) is 0. The molecule has 2 aliphatic carbocycles. The minimum absolute atomic E-state index is 0. The molecule has 0 atom stereocenters. The summed E-state index contributed by atoms with van der Waals surface area (Å²) >= 11 is 1.58. The van der Waals surface area contributed by atoms with Gasteiger partial charge < -0.3 is 14.9 Å². The zero-order valence-corrected chi connectivity index (χ0v) is 17.7. The van der Waals surface area contributed by atoms with Crippen molar-refractivity contribution in [3.8, 4) is 0 Å². The van der Waals surface area contributed by atoms with Crippen LogP contribution in [0.25, 0.3) is 0 Å². The van der Waals surface area contributed by atoms with Crippen molar-refractivity contribution in [1.29, 1.82) is 0 Å². The first-order valence-electron chi connectivity index (χ1n) is 5.26. The van der Waals surface area contributed by atoms with Crippen LogP contribution in [0.1, 0.15) is 32.6 Å². The zero-order chi connectivity index (χ0) is 11.4. The van der Waals surface area contributed by atoms with Gasteiger partial charge in [-0.25, -0.2) is 23.8 Å². The van der Waals surface area contributed by atoms with Crippen molar-refractivity contribution in [2.45, 2.75) is 32.6 Å². The maximum absolute atomic E-state index is 3.14. The number of hydrogen-bond acceptors (Lipinski definition) is 0. The van der Waals surface area contributed by atoms with Gasteiger partial charge in [-0.2, -0.15) is 12.2 Å². The van der Waals surface area contributed by atoms with Gasteiger partial charge in [0, 0.05) is 0 Å². The van der Waals surface area contributed by atoms with E-state index in [2.05, 4.69) is 37.3 Å². The quantitative estimate of drug-likeness (QED) is 0.472. The van der Waals surface area contributed by atoms with Gasteiger partial charge >= 0.3 is 30.2 Å². The van der Waals surface area contributed by atoms with Crippen molar-refractivity contribution < 1.29 is 23.3 Å². The van der Waals surface area contributed by atoms with Crippen molar-refractivity contribution >= 4 is 31.7 Å². The van der Waals surface area contributed by atoms with Gasteiger partial charge in [0.05, 0.1) is 0 Å². The van der Waals surface area contributed by atoms with Crippen molar-refractivity contribution in [2.24, 2.45) is 0 Å². The third-order valence-electron chi connectivity index (χ3n) is 1.89. The summed E-state index contributed by atoms with van der Waals surface area (Å²) in [4.78, 5) is 0. The van der Waals surface area contributed by atoms with E-state index in [0.29, 0.717) is 0 Å². The summed E-state index contributed by atoms with van der Waals surface area (Å²) in [5, 5.41) is 0. The Bertz CT molecular complexity index is 261. The minimum atomic E-state index is 0. The number of halogens is 2. The van der Waals surface area contributed by atoms with Crippen LogP contribution in [0.5, 0.6) is 0 Å². The van der Waals surface area contributed by atoms with Gasteiger partial charge in [-0.1, -0.05) is 19.8 Å². The predicted octanol–water partition coefficient (Wildman–Crippen LogP) is 4.61. The summed E-state index contributed by atoms with van der Waals surface area (Å²) in [6.07, 6.45) is 21.0. The van der Waals surface area contributed by atoms with E-state index in [0.717, 1.165) is 12.8 Å². The molecule has 0 aromatic heterocycles. The van der Waals surface area contributed by atoms with Crippen LogP contribution in [0.2, 0.25) is 0 Å². The van der Waals surface area contributed by atoms with Crippen LogP contribution in [0.4, 0.5) is 0 Å². The zero-order valence-electron chi connectivity index (χ0n) is 12.2. The van der Waals surface area contributed by atoms with Gasteiger partial charge in [-0.05, 0) is 0 Å². The molecule has 0 unspecified atom stereocenters. The Balaban J connectivity index is -0.0000000534. The SMILES string of the molecule is CCCC1=CC[C-]=C1.Cl.Cl.[C-]1=CC=CC1.[CH3-].[CH3-].[SiH2]=[Zr]. The molecule has 2 aliphatic rings. The fourth-order valence-electron chi connectivity index (χ4n) is 1.24. The summed E-state index contributed by atoms with van der Waals surface area (Å²) < 4.78 is 0. The fraction of sp³-hybridized carbons (Fsp3) is 0.333. The monoisotopic (exact) mass is 394 g/mol. The molecule has 0 amide bonds. The van der Waals surface area contributed by atoms with Gasteiger partial charge in [0.25, 0.3) is 0 Å². The molecule has 19 heavy (non-hydrogen) atoms. The molecule has 0 aromatic rings. The van der Waals surface area contributed by atoms with Crippen molar-refractivity contribution in [1.82, 2.24) is 0 Å². The van der Waals surface area contributed by atoms with Crippen LogP contribution in [-0.4, -0.2) is 6.88 Å². The fourth-order valence-corrected chi connectivity index (χ4v) is 1.24. The van der Waals surface area contributed by atoms with Crippen molar-refractivity contribution in [2.75, 3.05) is 0 Å². The molecule has 0 saturated carbocycles. The van der Waals surface area contributed by atoms with E-state index in [1.807, 2.05) is 19.0 Å². The van der Waals surface area contributed by atoms with Crippen molar-refractivity contribution in [3.05, 3.63) is 63.0 Å². The van der Waals surface area contributed by atoms with Gasteiger partial charge in [0.15, 0.2) is 0 Å². The standard InChI is InChI=1S/C8H11.C5H5.2CH3.2ClH.H2Si.Zr/c1-2-5-8-6-3-4-7-8;1-2-4-5-3-1;;;;;;/h6-7H,2-3,5H2,1H3;1-3H,4H2;2*1H3;2*1H;1H2;/q4*-1;;;;. The summed E-state index contributed by atoms with van der Waals surface area (Å²) in [6, 6.07) is 0. The van der Waals surface area contributed by atoms with E-state index in [1.54, 1.807) is 23.3 Å². The van der Waals surface area contributed by atoms with Gasteiger partial charge in [-0.3, -0.25) is 12.2 Å². The van der Waals surface area contributed by atoms with E-state index in [1.165, 1.54) is 18.4 Å². The summed E-state index contributed by atoms with van der Waals surface area (Å²) in [6.45, 7) is 4.15.